The molecule has 5 unspecified atom stereocenters. The van der Waals surface area contributed by atoms with Crippen molar-refractivity contribution in [3.05, 3.63) is 0 Å². The van der Waals surface area contributed by atoms with E-state index in [-0.39, 0.29) is 0 Å². The van der Waals surface area contributed by atoms with Crippen LogP contribution in [-0.2, 0) is 14.2 Å². The van der Waals surface area contributed by atoms with Crippen LogP contribution in [0, 0.1) is 0 Å². The molecule has 2 saturated heterocycles. The molecular weight excluding hydrogens is 332 g/mol. The summed E-state index contributed by atoms with van der Waals surface area (Å²) < 4.78 is 15.5. The Bertz CT molecular complexity index is 417. The van der Waals surface area contributed by atoms with Gasteiger partial charge in [-0.15, -0.1) is 0 Å². The summed E-state index contributed by atoms with van der Waals surface area (Å²) in [6, 6.07) is 0. The van der Waals surface area contributed by atoms with Crippen LogP contribution in [0.2, 0.25) is 0 Å². The van der Waals surface area contributed by atoms with Gasteiger partial charge in [-0.2, -0.15) is 0 Å². The van der Waals surface area contributed by atoms with E-state index in [0.717, 1.165) is 0 Å². The van der Waals surface area contributed by atoms with Gasteiger partial charge in [0, 0.05) is 0 Å². The fraction of sp³-hybridized carbons (Fsp3) is 1.00. The van der Waals surface area contributed by atoms with Crippen LogP contribution in [0.1, 0.15) is 6.92 Å². The Morgan fingerprint density at radius 1 is 0.875 bits per heavy atom. The Morgan fingerprint density at radius 3 is 2.08 bits per heavy atom. The normalized spacial score (nSPS) is 49.1. The molecule has 0 bridgehead atoms. The second kappa shape index (κ2) is 7.43. The van der Waals surface area contributed by atoms with Crippen LogP contribution in [0.25, 0.3) is 0 Å². The van der Waals surface area contributed by atoms with Crippen LogP contribution in [-0.4, -0.2) is 115 Å². The molecule has 2 heterocycles. The molecule has 24 heavy (non-hydrogen) atoms. The summed E-state index contributed by atoms with van der Waals surface area (Å²) in [5, 5.41) is 77.2. The molecule has 11 heteroatoms. The topological polar surface area (TPSA) is 190 Å². The van der Waals surface area contributed by atoms with Gasteiger partial charge in [0.15, 0.2) is 6.29 Å². The first-order chi connectivity index (χ1) is 11.1. The number of hydrogen-bond donors (Lipinski definition) is 8. The Balaban J connectivity index is 1.99. The molecule has 2 aliphatic rings. The molecule has 11 nitrogen and oxygen atoms in total. The third-order valence-corrected chi connectivity index (χ3v) is 4.33. The molecule has 0 aliphatic carbocycles. The van der Waals surface area contributed by atoms with E-state index in [2.05, 4.69) is 0 Å². The van der Waals surface area contributed by atoms with Gasteiger partial charge in [-0.25, -0.2) is 0 Å². The monoisotopic (exact) mass is 356 g/mol. The van der Waals surface area contributed by atoms with Gasteiger partial charge in [-0.05, 0) is 6.92 Å². The summed E-state index contributed by atoms with van der Waals surface area (Å²) in [4.78, 5) is 0. The van der Waals surface area contributed by atoms with Crippen LogP contribution in [0.5, 0.6) is 0 Å². The quantitative estimate of drug-likeness (QED) is 0.225. The van der Waals surface area contributed by atoms with Gasteiger partial charge in [0.2, 0.25) is 5.79 Å². The maximum Gasteiger partial charge on any atom is 0.221 e. The van der Waals surface area contributed by atoms with Gasteiger partial charge in [0.25, 0.3) is 0 Å². The van der Waals surface area contributed by atoms with Crippen molar-refractivity contribution in [2.24, 2.45) is 0 Å². The van der Waals surface area contributed by atoms with Gasteiger partial charge in [-0.3, -0.25) is 0 Å². The molecule has 9 atom stereocenters. The zero-order valence-electron chi connectivity index (χ0n) is 12.9. The number of rotatable bonds is 4. The first-order valence-corrected chi connectivity index (χ1v) is 7.49. The first-order valence-electron chi connectivity index (χ1n) is 7.49. The van der Waals surface area contributed by atoms with Crippen molar-refractivity contribution in [1.29, 1.82) is 0 Å². The molecule has 0 saturated carbocycles. The van der Waals surface area contributed by atoms with E-state index in [0.29, 0.717) is 0 Å². The molecule has 0 aromatic carbocycles. The average molecular weight is 356 g/mol. The van der Waals surface area contributed by atoms with Crippen LogP contribution in [0.15, 0.2) is 0 Å². The van der Waals surface area contributed by atoms with Crippen molar-refractivity contribution in [2.75, 3.05) is 13.2 Å². The van der Waals surface area contributed by atoms with Crippen molar-refractivity contribution in [2.45, 2.75) is 67.8 Å². The standard InChI is InChI=1S/C13H24O11/c1-4-10(18)13(20,21)11(19)6(23-4)3-22-12-9(17)8(16)7(15)5(2-14)24-12/h4-12,14-21H,2-3H2,1H3/t4-,5?,6?,7+,8?,9?,10?,11+,12+/m0/s1. The molecule has 2 fully saturated rings. The molecule has 8 N–H and O–H groups in total. The smallest absolute Gasteiger partial charge is 0.221 e. The van der Waals surface area contributed by atoms with E-state index >= 15 is 0 Å². The maximum absolute atomic E-state index is 9.87. The summed E-state index contributed by atoms with van der Waals surface area (Å²) in [5.74, 6) is -2.82. The van der Waals surface area contributed by atoms with Crippen LogP contribution < -0.4 is 0 Å². The van der Waals surface area contributed by atoms with E-state index in [1.165, 1.54) is 6.92 Å². The molecule has 2 aliphatic heterocycles. The minimum absolute atomic E-state index is 0.482. The average Bonchev–Trinajstić information content (AvgIpc) is 2.55. The summed E-state index contributed by atoms with van der Waals surface area (Å²) >= 11 is 0. The van der Waals surface area contributed by atoms with Crippen molar-refractivity contribution in [3.63, 3.8) is 0 Å². The van der Waals surface area contributed by atoms with Crippen molar-refractivity contribution in [1.82, 2.24) is 0 Å². The number of ether oxygens (including phenoxy) is 3. The van der Waals surface area contributed by atoms with Crippen molar-refractivity contribution in [3.8, 4) is 0 Å². The summed E-state index contributed by atoms with van der Waals surface area (Å²) in [6.45, 7) is 0.245. The second-order valence-electron chi connectivity index (χ2n) is 6.08. The lowest BCUT2D eigenvalue weighted by Gasteiger charge is -2.45. The molecule has 142 valence electrons. The van der Waals surface area contributed by atoms with Gasteiger partial charge in [0.1, 0.15) is 42.7 Å². The predicted molar refractivity (Wildman–Crippen MR) is 73.2 cm³/mol. The van der Waals surface area contributed by atoms with Gasteiger partial charge < -0.3 is 55.1 Å². The SMILES string of the molecule is C[C@@H]1OC(CO[C@@H]2OC(CO)[C@@H](O)C(O)C2O)[C@@H](O)C(O)(O)C1O. The van der Waals surface area contributed by atoms with Crippen LogP contribution in [0.4, 0.5) is 0 Å². The molecule has 0 aromatic rings. The van der Waals surface area contributed by atoms with Gasteiger partial charge in [0.05, 0.1) is 19.3 Å². The fourth-order valence-corrected chi connectivity index (χ4v) is 2.74. The Labute approximate surface area is 137 Å². The maximum atomic E-state index is 9.87. The van der Waals surface area contributed by atoms with Crippen molar-refractivity contribution < 1.29 is 55.1 Å². The minimum Gasteiger partial charge on any atom is -0.394 e. The fourth-order valence-electron chi connectivity index (χ4n) is 2.74. The molecule has 0 amide bonds. The summed E-state index contributed by atoms with van der Waals surface area (Å²) in [5.41, 5.74) is 0. The zero-order valence-corrected chi connectivity index (χ0v) is 12.9. The third kappa shape index (κ3) is 3.57. The number of hydrogen-bond acceptors (Lipinski definition) is 11. The number of aliphatic hydroxyl groups is 8. The van der Waals surface area contributed by atoms with Crippen LogP contribution in [0.3, 0.4) is 0 Å². The highest BCUT2D eigenvalue weighted by molar-refractivity contribution is 4.96. The highest BCUT2D eigenvalue weighted by Crippen LogP contribution is 2.29. The molecular formula is C13H24O11. The molecule has 2 rings (SSSR count). The Kier molecular flexibility index (Phi) is 6.16. The lowest BCUT2D eigenvalue weighted by molar-refractivity contribution is -0.359. The zero-order chi connectivity index (χ0) is 18.2. The van der Waals surface area contributed by atoms with Gasteiger partial charge in [-0.1, -0.05) is 0 Å². The van der Waals surface area contributed by atoms with Gasteiger partial charge >= 0.3 is 0 Å². The highest BCUT2D eigenvalue weighted by Gasteiger charge is 2.53. The van der Waals surface area contributed by atoms with E-state index in [1.807, 2.05) is 0 Å². The molecule has 0 aromatic heterocycles. The Hall–Kier alpha value is -0.440. The van der Waals surface area contributed by atoms with Crippen LogP contribution >= 0.6 is 0 Å². The van der Waals surface area contributed by atoms with E-state index < -0.39 is 74.1 Å². The van der Waals surface area contributed by atoms with E-state index in [9.17, 15) is 35.7 Å². The molecule has 0 spiro atoms. The molecule has 0 radical (unpaired) electrons. The van der Waals surface area contributed by atoms with E-state index in [4.69, 9.17) is 19.3 Å². The highest BCUT2D eigenvalue weighted by atomic mass is 16.7. The Morgan fingerprint density at radius 2 is 1.50 bits per heavy atom. The lowest BCUT2D eigenvalue weighted by Crippen LogP contribution is -2.67. The van der Waals surface area contributed by atoms with Crippen molar-refractivity contribution >= 4 is 0 Å². The summed E-state index contributed by atoms with van der Waals surface area (Å²) in [7, 11) is 0. The summed E-state index contributed by atoms with van der Waals surface area (Å²) in [6.07, 6.45) is -13.4. The predicted octanol–water partition coefficient (Wildman–Crippen LogP) is -5.01. The lowest BCUT2D eigenvalue weighted by atomic mass is 9.92. The third-order valence-electron chi connectivity index (χ3n) is 4.33. The second-order valence-corrected chi connectivity index (χ2v) is 6.08. The minimum atomic E-state index is -2.82. The number of aliphatic hydroxyl groups excluding tert-OH is 6. The van der Waals surface area contributed by atoms with E-state index in [1.54, 1.807) is 0 Å². The first kappa shape index (κ1) is 19.9. The largest absolute Gasteiger partial charge is 0.394 e.